The number of nitrogens with zero attached hydrogens (tertiary/aromatic N) is 4. The lowest BCUT2D eigenvalue weighted by Crippen LogP contribution is -2.56. The first-order valence-electron chi connectivity index (χ1n) is 9.18. The minimum absolute atomic E-state index is 0.0703. The molecule has 0 aliphatic carbocycles. The highest BCUT2D eigenvalue weighted by molar-refractivity contribution is 5.97. The number of hydrogen-bond acceptors (Lipinski definition) is 4. The molecule has 4 rings (SSSR count). The molecule has 140 valence electrons. The molecule has 1 fully saturated rings. The van der Waals surface area contributed by atoms with E-state index in [1.165, 1.54) is 0 Å². The van der Waals surface area contributed by atoms with Gasteiger partial charge in [0.15, 0.2) is 0 Å². The number of nitrogens with two attached hydrogens (primary N) is 1. The third-order valence-electron chi connectivity index (χ3n) is 5.51. The first-order chi connectivity index (χ1) is 13.1. The van der Waals surface area contributed by atoms with Gasteiger partial charge in [0.2, 0.25) is 5.91 Å². The van der Waals surface area contributed by atoms with Crippen molar-refractivity contribution in [2.24, 2.45) is 11.7 Å². The number of para-hydroxylation sites is 2. The monoisotopic (exact) mass is 365 g/mol. The molecule has 0 saturated carbocycles. The second-order valence-corrected chi connectivity index (χ2v) is 7.08. The molecule has 2 aliphatic rings. The van der Waals surface area contributed by atoms with Crippen LogP contribution in [0.4, 0.5) is 22.0 Å². The van der Waals surface area contributed by atoms with Gasteiger partial charge in [-0.05, 0) is 30.7 Å². The number of benzene rings is 1. The van der Waals surface area contributed by atoms with Crippen molar-refractivity contribution < 1.29 is 9.59 Å². The summed E-state index contributed by atoms with van der Waals surface area (Å²) in [6.07, 6.45) is 2.62. The Morgan fingerprint density at radius 2 is 1.81 bits per heavy atom. The van der Waals surface area contributed by atoms with Gasteiger partial charge in [-0.1, -0.05) is 18.2 Å². The number of amides is 3. The molecule has 2 aliphatic heterocycles. The summed E-state index contributed by atoms with van der Waals surface area (Å²) in [5.41, 5.74) is 7.49. The summed E-state index contributed by atoms with van der Waals surface area (Å²) < 4.78 is 0. The molecule has 27 heavy (non-hydrogen) atoms. The Morgan fingerprint density at radius 3 is 2.44 bits per heavy atom. The number of carbonyl (C=O) groups excluding carboxylic acids is 2. The van der Waals surface area contributed by atoms with Gasteiger partial charge in [0.1, 0.15) is 5.82 Å². The number of carbonyl (C=O) groups is 2. The van der Waals surface area contributed by atoms with Gasteiger partial charge in [0.25, 0.3) is 0 Å². The van der Waals surface area contributed by atoms with Gasteiger partial charge in [-0.2, -0.15) is 0 Å². The number of fused-ring (bicyclic) bond motifs is 1. The van der Waals surface area contributed by atoms with Gasteiger partial charge in [0, 0.05) is 38.7 Å². The molecule has 2 aromatic rings. The molecule has 7 nitrogen and oxygen atoms in total. The molecule has 1 aromatic carbocycles. The standard InChI is InChI=1S/C20H23N5O2/c1-14(26)23-11-9-15(12-23)18-13-24(19-8-4-5-10-22-19)16-6-2-3-7-17(16)25(18)20(21)27/h2-8,10,15,18H,9,11-13H2,1H3,(H2,21,27). The molecule has 2 N–H and O–H groups in total. The summed E-state index contributed by atoms with van der Waals surface area (Å²) in [7, 11) is 0. The lowest BCUT2D eigenvalue weighted by Gasteiger charge is -2.44. The van der Waals surface area contributed by atoms with Crippen LogP contribution in [0.3, 0.4) is 0 Å². The number of urea groups is 1. The van der Waals surface area contributed by atoms with Crippen molar-refractivity contribution in [2.45, 2.75) is 19.4 Å². The average Bonchev–Trinajstić information content (AvgIpc) is 3.17. The van der Waals surface area contributed by atoms with Crippen LogP contribution < -0.4 is 15.5 Å². The van der Waals surface area contributed by atoms with Crippen LogP contribution in [0.2, 0.25) is 0 Å². The highest BCUT2D eigenvalue weighted by Crippen LogP contribution is 2.41. The van der Waals surface area contributed by atoms with E-state index in [9.17, 15) is 9.59 Å². The van der Waals surface area contributed by atoms with E-state index in [0.29, 0.717) is 19.6 Å². The van der Waals surface area contributed by atoms with E-state index in [1.807, 2.05) is 47.4 Å². The SMILES string of the molecule is CC(=O)N1CCC(C2CN(c3ccccn3)c3ccccc3N2C(N)=O)C1. The van der Waals surface area contributed by atoms with Gasteiger partial charge < -0.3 is 15.5 Å². The molecule has 0 spiro atoms. The van der Waals surface area contributed by atoms with Gasteiger partial charge in [0.05, 0.1) is 17.4 Å². The second-order valence-electron chi connectivity index (χ2n) is 7.08. The highest BCUT2D eigenvalue weighted by Gasteiger charge is 2.41. The number of pyridine rings is 1. The Kier molecular flexibility index (Phi) is 4.43. The Bertz CT molecular complexity index is 856. The molecule has 1 aromatic heterocycles. The second kappa shape index (κ2) is 6.90. The van der Waals surface area contributed by atoms with Crippen molar-refractivity contribution in [3.05, 3.63) is 48.7 Å². The molecule has 3 heterocycles. The molecule has 0 radical (unpaired) electrons. The summed E-state index contributed by atoms with van der Waals surface area (Å²) in [6.45, 7) is 3.54. The fraction of sp³-hybridized carbons (Fsp3) is 0.350. The summed E-state index contributed by atoms with van der Waals surface area (Å²) in [5.74, 6) is 1.07. The van der Waals surface area contributed by atoms with Crippen LogP contribution in [0.1, 0.15) is 13.3 Å². The van der Waals surface area contributed by atoms with E-state index in [1.54, 1.807) is 18.0 Å². The molecule has 1 saturated heterocycles. The number of primary amides is 1. The van der Waals surface area contributed by atoms with Crippen molar-refractivity contribution in [1.29, 1.82) is 0 Å². The summed E-state index contributed by atoms with van der Waals surface area (Å²) in [5, 5.41) is 0. The summed E-state index contributed by atoms with van der Waals surface area (Å²) in [6, 6.07) is 13.0. The van der Waals surface area contributed by atoms with Gasteiger partial charge in [-0.15, -0.1) is 0 Å². The molecular formula is C20H23N5O2. The number of anilines is 3. The largest absolute Gasteiger partial charge is 0.351 e. The zero-order chi connectivity index (χ0) is 19.0. The first kappa shape index (κ1) is 17.3. The maximum Gasteiger partial charge on any atom is 0.319 e. The summed E-state index contributed by atoms with van der Waals surface area (Å²) in [4.78, 5) is 34.3. The van der Waals surface area contributed by atoms with Gasteiger partial charge >= 0.3 is 6.03 Å². The van der Waals surface area contributed by atoms with Crippen molar-refractivity contribution in [3.63, 3.8) is 0 Å². The van der Waals surface area contributed by atoms with E-state index >= 15 is 0 Å². The zero-order valence-corrected chi connectivity index (χ0v) is 15.3. The third kappa shape index (κ3) is 3.09. The lowest BCUT2D eigenvalue weighted by atomic mass is 9.93. The number of hydrogen-bond donors (Lipinski definition) is 1. The molecular weight excluding hydrogens is 342 g/mol. The van der Waals surface area contributed by atoms with Crippen molar-refractivity contribution >= 4 is 29.1 Å². The molecule has 2 unspecified atom stereocenters. The van der Waals surface area contributed by atoms with Gasteiger partial charge in [-0.25, -0.2) is 9.78 Å². The van der Waals surface area contributed by atoms with Crippen LogP contribution in [-0.2, 0) is 4.79 Å². The fourth-order valence-corrected chi connectivity index (χ4v) is 4.20. The number of likely N-dealkylation sites (tertiary alicyclic amines) is 1. The minimum atomic E-state index is -0.464. The minimum Gasteiger partial charge on any atom is -0.351 e. The predicted molar refractivity (Wildman–Crippen MR) is 104 cm³/mol. The maximum atomic E-state index is 12.4. The van der Waals surface area contributed by atoms with Crippen LogP contribution in [-0.4, -0.2) is 47.5 Å². The molecule has 0 bridgehead atoms. The Balaban J connectivity index is 1.75. The maximum absolute atomic E-state index is 12.4. The zero-order valence-electron chi connectivity index (χ0n) is 15.3. The molecule has 7 heteroatoms. The summed E-state index contributed by atoms with van der Waals surface area (Å²) >= 11 is 0. The topological polar surface area (TPSA) is 82.8 Å². The average molecular weight is 365 g/mol. The first-order valence-corrected chi connectivity index (χ1v) is 9.18. The van der Waals surface area contributed by atoms with Crippen LogP contribution in [0.5, 0.6) is 0 Å². The smallest absolute Gasteiger partial charge is 0.319 e. The van der Waals surface area contributed by atoms with Crippen LogP contribution in [0.15, 0.2) is 48.7 Å². The van der Waals surface area contributed by atoms with Crippen molar-refractivity contribution in [2.75, 3.05) is 29.4 Å². The Hall–Kier alpha value is -3.09. The lowest BCUT2D eigenvalue weighted by molar-refractivity contribution is -0.127. The van der Waals surface area contributed by atoms with E-state index in [4.69, 9.17) is 5.73 Å². The molecule has 3 amide bonds. The third-order valence-corrected chi connectivity index (χ3v) is 5.51. The predicted octanol–water partition coefficient (Wildman–Crippen LogP) is 2.36. The van der Waals surface area contributed by atoms with E-state index < -0.39 is 6.03 Å². The van der Waals surface area contributed by atoms with E-state index in [0.717, 1.165) is 23.6 Å². The fourth-order valence-electron chi connectivity index (χ4n) is 4.20. The van der Waals surface area contributed by atoms with Crippen molar-refractivity contribution in [1.82, 2.24) is 9.88 Å². The van der Waals surface area contributed by atoms with Gasteiger partial charge in [-0.3, -0.25) is 9.69 Å². The van der Waals surface area contributed by atoms with Crippen LogP contribution in [0, 0.1) is 5.92 Å². The highest BCUT2D eigenvalue weighted by atomic mass is 16.2. The number of aromatic nitrogens is 1. The Morgan fingerprint density at radius 1 is 1.07 bits per heavy atom. The van der Waals surface area contributed by atoms with E-state index in [-0.39, 0.29) is 17.9 Å². The molecule has 2 atom stereocenters. The van der Waals surface area contributed by atoms with Crippen LogP contribution >= 0.6 is 0 Å². The van der Waals surface area contributed by atoms with E-state index in [2.05, 4.69) is 9.88 Å². The normalized spacial score (nSPS) is 21.9. The van der Waals surface area contributed by atoms with Crippen LogP contribution in [0.25, 0.3) is 0 Å². The number of rotatable bonds is 2. The van der Waals surface area contributed by atoms with Crippen molar-refractivity contribution in [3.8, 4) is 0 Å². The quantitative estimate of drug-likeness (QED) is 0.886. The Labute approximate surface area is 158 Å².